The van der Waals surface area contributed by atoms with Gasteiger partial charge in [-0.25, -0.2) is 0 Å². The van der Waals surface area contributed by atoms with Crippen molar-refractivity contribution in [1.29, 1.82) is 0 Å². The Balaban J connectivity index is -0.0000000629. The Labute approximate surface area is 107 Å². The highest BCUT2D eigenvalue weighted by atomic mass is 31.1. The largest absolute Gasteiger partial charge is 0.0990 e. The summed E-state index contributed by atoms with van der Waals surface area (Å²) >= 11 is 0. The van der Waals surface area contributed by atoms with Crippen LogP contribution in [0.25, 0.3) is 0 Å². The molecule has 0 aliphatic rings. The Hall–Kier alpha value is -0.350. The monoisotopic (exact) mass is 244 g/mol. The van der Waals surface area contributed by atoms with E-state index in [0.717, 1.165) is 8.58 Å². The number of hydrogen-bond acceptors (Lipinski definition) is 0. The van der Waals surface area contributed by atoms with Crippen molar-refractivity contribution in [2.75, 3.05) is 6.66 Å². The zero-order chi connectivity index (χ0) is 14.0. The third kappa shape index (κ3) is 101. The molecule has 1 unspecified atom stereocenters. The van der Waals surface area contributed by atoms with Crippen LogP contribution in [-0.4, -0.2) is 6.66 Å². The van der Waals surface area contributed by atoms with Crippen molar-refractivity contribution in [3.05, 3.63) is 35.7 Å². The molecule has 0 saturated carbocycles. The van der Waals surface area contributed by atoms with Gasteiger partial charge in [-0.05, 0) is 48.2 Å². The number of rotatable bonds is 1. The van der Waals surface area contributed by atoms with Crippen molar-refractivity contribution >= 4 is 8.58 Å². The SMILES string of the molecule is C/C=C/C.C=C(C)PC.CC.CC=C(C)C. The summed E-state index contributed by atoms with van der Waals surface area (Å²) in [6.07, 6.45) is 6.08. The predicted molar refractivity (Wildman–Crippen MR) is 86.0 cm³/mol. The summed E-state index contributed by atoms with van der Waals surface area (Å²) < 4.78 is 0. The smallest absolute Gasteiger partial charge is 0.0402 e. The van der Waals surface area contributed by atoms with Gasteiger partial charge in [0.2, 0.25) is 0 Å². The van der Waals surface area contributed by atoms with Crippen LogP contribution in [0.4, 0.5) is 0 Å². The van der Waals surface area contributed by atoms with Gasteiger partial charge in [-0.2, -0.15) is 0 Å². The molecule has 0 aromatic heterocycles. The zero-order valence-electron chi connectivity index (χ0n) is 12.9. The highest BCUT2D eigenvalue weighted by Crippen LogP contribution is 2.12. The molecule has 0 saturated heterocycles. The maximum Gasteiger partial charge on any atom is -0.0402 e. The highest BCUT2D eigenvalue weighted by Gasteiger charge is 1.66. The van der Waals surface area contributed by atoms with Crippen LogP contribution in [0.5, 0.6) is 0 Å². The molecule has 0 N–H and O–H groups in total. The molecule has 0 nitrogen and oxygen atoms in total. The standard InChI is InChI=1S/C5H10.C4H9P.C4H8.C2H6/c1-4-5(2)3;1-4(2)5-3;1-3-4-2;1-2/h4H,1-3H3;5H,1H2,2-3H3;3-4H,1-2H3;1-2H3/b;;4-3+;. The Kier molecular flexibility index (Phi) is 45.3. The number of hydrogen-bond donors (Lipinski definition) is 0. The minimum Gasteiger partial charge on any atom is -0.0990 e. The van der Waals surface area contributed by atoms with E-state index in [4.69, 9.17) is 0 Å². The fourth-order valence-corrected chi connectivity index (χ4v) is 0. The second kappa shape index (κ2) is 29.3. The molecular formula is C15H33P. The first kappa shape index (κ1) is 24.7. The van der Waals surface area contributed by atoms with Gasteiger partial charge < -0.3 is 0 Å². The Morgan fingerprint density at radius 2 is 1.12 bits per heavy atom. The fourth-order valence-electron chi connectivity index (χ4n) is 0. The van der Waals surface area contributed by atoms with Crippen LogP contribution in [0, 0.1) is 0 Å². The van der Waals surface area contributed by atoms with E-state index in [0.29, 0.717) is 0 Å². The molecule has 0 heterocycles. The van der Waals surface area contributed by atoms with Crippen LogP contribution in [0.15, 0.2) is 35.7 Å². The van der Waals surface area contributed by atoms with E-state index < -0.39 is 0 Å². The average molecular weight is 244 g/mol. The van der Waals surface area contributed by atoms with E-state index >= 15 is 0 Å². The molecular weight excluding hydrogens is 211 g/mol. The first-order valence-corrected chi connectivity index (χ1v) is 7.46. The third-order valence-electron chi connectivity index (χ3n) is 1.34. The van der Waals surface area contributed by atoms with Crippen molar-refractivity contribution in [1.82, 2.24) is 0 Å². The zero-order valence-corrected chi connectivity index (χ0v) is 13.9. The van der Waals surface area contributed by atoms with Crippen molar-refractivity contribution in [2.45, 2.75) is 55.4 Å². The maximum atomic E-state index is 3.69. The van der Waals surface area contributed by atoms with Crippen LogP contribution in [0.1, 0.15) is 55.4 Å². The summed E-state index contributed by atoms with van der Waals surface area (Å²) in [7, 11) is 0.920. The minimum absolute atomic E-state index is 0.920. The molecule has 0 aliphatic heterocycles. The fraction of sp³-hybridized carbons (Fsp3) is 0.600. The topological polar surface area (TPSA) is 0 Å². The van der Waals surface area contributed by atoms with Gasteiger partial charge in [-0.15, -0.1) is 0 Å². The van der Waals surface area contributed by atoms with Gasteiger partial charge in [0, 0.05) is 0 Å². The maximum absolute atomic E-state index is 3.69. The predicted octanol–water partition coefficient (Wildman–Crippen LogP) is 6.41. The lowest BCUT2D eigenvalue weighted by atomic mass is 10.3. The van der Waals surface area contributed by atoms with E-state index in [2.05, 4.69) is 33.2 Å². The van der Waals surface area contributed by atoms with Gasteiger partial charge in [-0.3, -0.25) is 0 Å². The molecule has 0 aromatic carbocycles. The van der Waals surface area contributed by atoms with E-state index in [1.807, 2.05) is 53.7 Å². The highest BCUT2D eigenvalue weighted by molar-refractivity contribution is 7.41. The van der Waals surface area contributed by atoms with Crippen LogP contribution in [-0.2, 0) is 0 Å². The molecule has 0 fully saturated rings. The van der Waals surface area contributed by atoms with Gasteiger partial charge in [0.25, 0.3) is 0 Å². The van der Waals surface area contributed by atoms with Gasteiger partial charge in [0.05, 0.1) is 0 Å². The molecule has 1 heteroatoms. The van der Waals surface area contributed by atoms with Crippen molar-refractivity contribution in [3.8, 4) is 0 Å². The minimum atomic E-state index is 0.920. The van der Waals surface area contributed by atoms with E-state index in [1.54, 1.807) is 0 Å². The Bertz CT molecular complexity index is 156. The summed E-state index contributed by atoms with van der Waals surface area (Å²) in [6.45, 7) is 22.1. The molecule has 1 atom stereocenters. The summed E-state index contributed by atoms with van der Waals surface area (Å²) in [5, 5.41) is 1.28. The molecule has 98 valence electrons. The van der Waals surface area contributed by atoms with Gasteiger partial charge >= 0.3 is 0 Å². The second-order valence-corrected chi connectivity index (χ2v) is 4.42. The number of allylic oxidation sites excluding steroid dienone is 5. The summed E-state index contributed by atoms with van der Waals surface area (Å²) in [5.41, 5.74) is 1.38. The summed E-state index contributed by atoms with van der Waals surface area (Å²) in [6, 6.07) is 0. The van der Waals surface area contributed by atoms with Crippen molar-refractivity contribution < 1.29 is 0 Å². The second-order valence-electron chi connectivity index (χ2n) is 3.06. The van der Waals surface area contributed by atoms with Crippen LogP contribution in [0.2, 0.25) is 0 Å². The Morgan fingerprint density at radius 3 is 1.12 bits per heavy atom. The van der Waals surface area contributed by atoms with Crippen molar-refractivity contribution in [3.63, 3.8) is 0 Å². The van der Waals surface area contributed by atoms with Crippen molar-refractivity contribution in [2.24, 2.45) is 0 Å². The molecule has 0 aliphatic carbocycles. The molecule has 0 radical (unpaired) electrons. The Morgan fingerprint density at radius 1 is 0.938 bits per heavy atom. The average Bonchev–Trinajstić information content (AvgIpc) is 2.32. The third-order valence-corrected chi connectivity index (χ3v) is 2.19. The van der Waals surface area contributed by atoms with Gasteiger partial charge in [0.1, 0.15) is 0 Å². The first-order chi connectivity index (χ1) is 7.45. The van der Waals surface area contributed by atoms with Crippen LogP contribution in [0.3, 0.4) is 0 Å². The van der Waals surface area contributed by atoms with Gasteiger partial charge in [0.15, 0.2) is 0 Å². The lowest BCUT2D eigenvalue weighted by molar-refractivity contribution is 1.36. The van der Waals surface area contributed by atoms with E-state index in [9.17, 15) is 0 Å². The summed E-state index contributed by atoms with van der Waals surface area (Å²) in [5.74, 6) is 0. The molecule has 0 aromatic rings. The normalized spacial score (nSPS) is 8.06. The van der Waals surface area contributed by atoms with Crippen LogP contribution < -0.4 is 0 Å². The molecule has 16 heavy (non-hydrogen) atoms. The molecule has 0 rings (SSSR count). The molecule has 0 amide bonds. The quantitative estimate of drug-likeness (QED) is 0.369. The van der Waals surface area contributed by atoms with Crippen LogP contribution >= 0.6 is 8.58 Å². The van der Waals surface area contributed by atoms with E-state index in [1.165, 1.54) is 10.9 Å². The lowest BCUT2D eigenvalue weighted by Gasteiger charge is -1.80. The summed E-state index contributed by atoms with van der Waals surface area (Å²) in [4.78, 5) is 0. The first-order valence-electron chi connectivity index (χ1n) is 5.96. The lowest BCUT2D eigenvalue weighted by Crippen LogP contribution is -1.52. The van der Waals surface area contributed by atoms with Gasteiger partial charge in [-0.1, -0.05) is 58.1 Å². The molecule has 0 spiro atoms. The van der Waals surface area contributed by atoms with E-state index in [-0.39, 0.29) is 0 Å². The molecule has 0 bridgehead atoms.